The normalized spacial score (nSPS) is 12.1. The van der Waals surface area contributed by atoms with Crippen LogP contribution in [0.1, 0.15) is 20.8 Å². The zero-order valence-corrected chi connectivity index (χ0v) is 16.6. The number of nitrogens with one attached hydrogen (secondary N) is 1. The monoisotopic (exact) mass is 398 g/mol. The molecule has 152 valence electrons. The van der Waals surface area contributed by atoms with Gasteiger partial charge < -0.3 is 19.3 Å². The molecule has 1 amide bonds. The van der Waals surface area contributed by atoms with Gasteiger partial charge in [0.1, 0.15) is 23.7 Å². The molecule has 0 fully saturated rings. The number of hydrogen-bond acceptors (Lipinski definition) is 5. The van der Waals surface area contributed by atoms with E-state index in [1.54, 1.807) is 32.9 Å². The minimum absolute atomic E-state index is 0.00145. The smallest absolute Gasteiger partial charge is 0.407 e. The molecule has 3 rings (SSSR count). The lowest BCUT2D eigenvalue weighted by molar-refractivity contribution is 0.0531. The minimum atomic E-state index is -0.614. The van der Waals surface area contributed by atoms with Crippen molar-refractivity contribution in [1.82, 2.24) is 10.5 Å². The molecule has 0 aliphatic rings. The summed E-state index contributed by atoms with van der Waals surface area (Å²) in [6.45, 7) is 5.26. The van der Waals surface area contributed by atoms with Crippen LogP contribution >= 0.6 is 0 Å². The van der Waals surface area contributed by atoms with Crippen LogP contribution in [-0.4, -0.2) is 30.0 Å². The number of nitrogens with zero attached hydrogens (tertiary/aromatic N) is 1. The Kier molecular flexibility index (Phi) is 6.16. The molecule has 0 bridgehead atoms. The number of para-hydroxylation sites is 1. The van der Waals surface area contributed by atoms with Gasteiger partial charge in [-0.05, 0) is 57.2 Å². The van der Waals surface area contributed by atoms with Crippen LogP contribution in [0.4, 0.5) is 9.18 Å². The fraction of sp³-hybridized carbons (Fsp3) is 0.273. The maximum Gasteiger partial charge on any atom is 0.407 e. The van der Waals surface area contributed by atoms with Crippen molar-refractivity contribution in [3.05, 3.63) is 60.4 Å². The lowest BCUT2D eigenvalue weighted by atomic mass is 10.1. The van der Waals surface area contributed by atoms with Crippen LogP contribution < -0.4 is 10.1 Å². The molecule has 0 saturated carbocycles. The fourth-order valence-electron chi connectivity index (χ4n) is 2.60. The van der Waals surface area contributed by atoms with Gasteiger partial charge in [0.05, 0.1) is 6.33 Å². The summed E-state index contributed by atoms with van der Waals surface area (Å²) in [6.07, 6.45) is -0.186. The SMILES string of the molecule is CC(C)(C)OC(=O)NC/C(=C\F)COc1ccc(-c2noc3ccccc23)cc1. The van der Waals surface area contributed by atoms with Gasteiger partial charge in [0.15, 0.2) is 5.58 Å². The Labute approximate surface area is 168 Å². The zero-order valence-electron chi connectivity index (χ0n) is 16.6. The van der Waals surface area contributed by atoms with Gasteiger partial charge in [-0.3, -0.25) is 0 Å². The molecule has 0 saturated heterocycles. The first-order valence-corrected chi connectivity index (χ1v) is 9.18. The molecule has 3 aromatic rings. The zero-order chi connectivity index (χ0) is 20.9. The lowest BCUT2D eigenvalue weighted by Gasteiger charge is -2.20. The third-order valence-corrected chi connectivity index (χ3v) is 3.94. The molecule has 0 unspecified atom stereocenters. The highest BCUT2D eigenvalue weighted by Gasteiger charge is 2.16. The summed E-state index contributed by atoms with van der Waals surface area (Å²) >= 11 is 0. The molecule has 0 spiro atoms. The first-order chi connectivity index (χ1) is 13.9. The van der Waals surface area contributed by atoms with E-state index < -0.39 is 11.7 Å². The van der Waals surface area contributed by atoms with E-state index in [0.717, 1.165) is 22.2 Å². The Bertz CT molecular complexity index is 1000. The summed E-state index contributed by atoms with van der Waals surface area (Å²) in [5.74, 6) is 0.568. The quantitative estimate of drug-likeness (QED) is 0.614. The Morgan fingerprint density at radius 2 is 1.90 bits per heavy atom. The number of hydrogen-bond donors (Lipinski definition) is 1. The molecular formula is C22H23FN2O4. The van der Waals surface area contributed by atoms with E-state index in [4.69, 9.17) is 14.0 Å². The van der Waals surface area contributed by atoms with Crippen molar-refractivity contribution in [2.75, 3.05) is 13.2 Å². The number of carbonyl (C=O) groups is 1. The van der Waals surface area contributed by atoms with Gasteiger partial charge in [-0.1, -0.05) is 17.3 Å². The standard InChI is InChI=1S/C22H23FN2O4/c1-22(2,3)28-21(26)24-13-15(12-23)14-27-17-10-8-16(9-11-17)20-18-6-4-5-7-19(18)29-25-20/h4-12H,13-14H2,1-3H3,(H,24,26)/b15-12+. The number of ether oxygens (including phenoxy) is 2. The molecule has 1 N–H and O–H groups in total. The molecule has 2 aromatic carbocycles. The summed E-state index contributed by atoms with van der Waals surface area (Å²) < 4.78 is 29.2. The van der Waals surface area contributed by atoms with Crippen molar-refractivity contribution in [2.45, 2.75) is 26.4 Å². The minimum Gasteiger partial charge on any atom is -0.489 e. The van der Waals surface area contributed by atoms with E-state index in [2.05, 4.69) is 10.5 Å². The number of aromatic nitrogens is 1. The summed E-state index contributed by atoms with van der Waals surface area (Å²) in [5, 5.41) is 7.55. The molecule has 7 heteroatoms. The Hall–Kier alpha value is -3.35. The number of fused-ring (bicyclic) bond motifs is 1. The third kappa shape index (κ3) is 5.57. The first kappa shape index (κ1) is 20.4. The maximum absolute atomic E-state index is 13.1. The molecule has 1 heterocycles. The number of amides is 1. The summed E-state index contributed by atoms with van der Waals surface area (Å²) in [6, 6.07) is 14.9. The Morgan fingerprint density at radius 1 is 1.17 bits per heavy atom. The van der Waals surface area contributed by atoms with Crippen LogP contribution in [-0.2, 0) is 4.74 Å². The van der Waals surface area contributed by atoms with Gasteiger partial charge in [0.25, 0.3) is 0 Å². The van der Waals surface area contributed by atoms with Crippen molar-refractivity contribution >= 4 is 17.1 Å². The van der Waals surface area contributed by atoms with Crippen molar-refractivity contribution in [1.29, 1.82) is 0 Å². The van der Waals surface area contributed by atoms with Gasteiger partial charge >= 0.3 is 6.09 Å². The van der Waals surface area contributed by atoms with Gasteiger partial charge in [-0.15, -0.1) is 0 Å². The van der Waals surface area contributed by atoms with E-state index >= 15 is 0 Å². The average molecular weight is 398 g/mol. The largest absolute Gasteiger partial charge is 0.489 e. The van der Waals surface area contributed by atoms with Crippen LogP contribution in [0.15, 0.2) is 65.0 Å². The maximum atomic E-state index is 13.1. The second-order valence-electron chi connectivity index (χ2n) is 7.46. The number of alkyl carbamates (subject to hydrolysis) is 1. The van der Waals surface area contributed by atoms with E-state index in [-0.39, 0.29) is 18.7 Å². The highest BCUT2D eigenvalue weighted by Crippen LogP contribution is 2.28. The van der Waals surface area contributed by atoms with Crippen molar-refractivity contribution < 1.29 is 23.2 Å². The predicted octanol–water partition coefficient (Wildman–Crippen LogP) is 5.25. The van der Waals surface area contributed by atoms with Crippen LogP contribution in [0.25, 0.3) is 22.2 Å². The van der Waals surface area contributed by atoms with Gasteiger partial charge in [0, 0.05) is 23.1 Å². The van der Waals surface area contributed by atoms with E-state index in [1.807, 2.05) is 36.4 Å². The molecule has 0 aliphatic heterocycles. The van der Waals surface area contributed by atoms with Crippen LogP contribution in [0.2, 0.25) is 0 Å². The Balaban J connectivity index is 1.56. The number of carbonyl (C=O) groups excluding carboxylic acids is 1. The molecule has 29 heavy (non-hydrogen) atoms. The fourth-order valence-corrected chi connectivity index (χ4v) is 2.60. The van der Waals surface area contributed by atoms with Crippen LogP contribution in [0.3, 0.4) is 0 Å². The van der Waals surface area contributed by atoms with Crippen molar-refractivity contribution in [3.63, 3.8) is 0 Å². The summed E-state index contributed by atoms with van der Waals surface area (Å²) in [7, 11) is 0. The molecule has 1 aromatic heterocycles. The molecule has 0 radical (unpaired) electrons. The highest BCUT2D eigenvalue weighted by atomic mass is 19.1. The van der Waals surface area contributed by atoms with E-state index in [1.165, 1.54) is 0 Å². The third-order valence-electron chi connectivity index (χ3n) is 3.94. The topological polar surface area (TPSA) is 73.6 Å². The summed E-state index contributed by atoms with van der Waals surface area (Å²) in [5.41, 5.74) is 2.02. The van der Waals surface area contributed by atoms with Gasteiger partial charge in [-0.25, -0.2) is 9.18 Å². The second-order valence-corrected chi connectivity index (χ2v) is 7.46. The van der Waals surface area contributed by atoms with Crippen LogP contribution in [0.5, 0.6) is 5.75 Å². The Morgan fingerprint density at radius 3 is 2.59 bits per heavy atom. The van der Waals surface area contributed by atoms with E-state index in [0.29, 0.717) is 12.1 Å². The molecule has 6 nitrogen and oxygen atoms in total. The summed E-state index contributed by atoms with van der Waals surface area (Å²) in [4.78, 5) is 11.7. The second kappa shape index (κ2) is 8.77. The van der Waals surface area contributed by atoms with Gasteiger partial charge in [-0.2, -0.15) is 0 Å². The van der Waals surface area contributed by atoms with E-state index in [9.17, 15) is 9.18 Å². The molecular weight excluding hydrogens is 375 g/mol. The highest BCUT2D eigenvalue weighted by molar-refractivity contribution is 5.91. The first-order valence-electron chi connectivity index (χ1n) is 9.18. The molecule has 0 atom stereocenters. The molecule has 0 aliphatic carbocycles. The van der Waals surface area contributed by atoms with Crippen molar-refractivity contribution in [3.8, 4) is 17.0 Å². The average Bonchev–Trinajstić information content (AvgIpc) is 3.11. The number of halogens is 1. The van der Waals surface area contributed by atoms with Crippen molar-refractivity contribution in [2.24, 2.45) is 0 Å². The van der Waals surface area contributed by atoms with Gasteiger partial charge in [0.2, 0.25) is 0 Å². The van der Waals surface area contributed by atoms with Crippen LogP contribution in [0, 0.1) is 0 Å². The number of benzene rings is 2. The predicted molar refractivity (Wildman–Crippen MR) is 108 cm³/mol. The number of rotatable bonds is 6. The lowest BCUT2D eigenvalue weighted by Crippen LogP contribution is -2.34.